The first-order valence-corrected chi connectivity index (χ1v) is 9.16. The molecule has 2 aliphatic rings. The summed E-state index contributed by atoms with van der Waals surface area (Å²) in [6, 6.07) is 0. The van der Waals surface area contributed by atoms with Crippen LogP contribution < -0.4 is 0 Å². The summed E-state index contributed by atoms with van der Waals surface area (Å²) in [6.45, 7) is 6.24. The summed E-state index contributed by atoms with van der Waals surface area (Å²) >= 11 is 0. The molecule has 142 valence electrons. The Morgan fingerprint density at radius 2 is 1.96 bits per heavy atom. The molecule has 1 aromatic rings. The molecule has 26 heavy (non-hydrogen) atoms. The smallest absolute Gasteiger partial charge is 0.168 e. The van der Waals surface area contributed by atoms with E-state index in [1.165, 1.54) is 6.21 Å². The molecular weight excluding hydrogens is 334 g/mol. The number of Topliss-reactive ketones (excluding diaryl/α,β-unsaturated/α-hetero) is 1. The number of carbonyl (C=O) groups excluding carboxylic acids is 1. The molecule has 0 saturated carbocycles. The van der Waals surface area contributed by atoms with E-state index in [0.717, 1.165) is 45.0 Å². The third kappa shape index (κ3) is 4.78. The van der Waals surface area contributed by atoms with E-state index in [-0.39, 0.29) is 24.1 Å². The monoisotopic (exact) mass is 361 g/mol. The van der Waals surface area contributed by atoms with Crippen molar-refractivity contribution in [2.45, 2.75) is 18.8 Å². The van der Waals surface area contributed by atoms with Crippen molar-refractivity contribution in [3.05, 3.63) is 29.6 Å². The lowest BCUT2D eigenvalue weighted by Gasteiger charge is -2.33. The number of nitrogens with zero attached hydrogens (tertiary/aromatic N) is 4. The van der Waals surface area contributed by atoms with E-state index in [1.807, 2.05) is 0 Å². The fraction of sp³-hybridized carbons (Fsp3) is 0.611. The topological polar surface area (TPSA) is 105 Å². The molecule has 1 aliphatic carbocycles. The van der Waals surface area contributed by atoms with Crippen LogP contribution in [0.2, 0.25) is 0 Å². The molecule has 0 radical (unpaired) electrons. The highest BCUT2D eigenvalue weighted by molar-refractivity contribution is 6.14. The molecule has 0 aromatic carbocycles. The maximum atomic E-state index is 12.3. The van der Waals surface area contributed by atoms with Gasteiger partial charge < -0.3 is 15.2 Å². The molecule has 2 heterocycles. The van der Waals surface area contributed by atoms with Gasteiger partial charge in [0.05, 0.1) is 25.1 Å². The number of hydrogen-bond acceptors (Lipinski definition) is 7. The van der Waals surface area contributed by atoms with Gasteiger partial charge in [-0.3, -0.25) is 19.6 Å². The number of ketones is 1. The average Bonchev–Trinajstić information content (AvgIpc) is 3.16. The number of aromatic nitrogens is 2. The summed E-state index contributed by atoms with van der Waals surface area (Å²) in [6.07, 6.45) is 5.61. The second kappa shape index (κ2) is 9.07. The third-order valence-electron chi connectivity index (χ3n) is 5.09. The number of β-amino-alcohol motifs (C(OH)–C–C–N with tert-alkyl or cyclic N) is 1. The molecule has 1 unspecified atom stereocenters. The van der Waals surface area contributed by atoms with Gasteiger partial charge in [-0.15, -0.1) is 0 Å². The normalized spacial score (nSPS) is 23.3. The quantitative estimate of drug-likeness (QED) is 0.605. The van der Waals surface area contributed by atoms with Crippen molar-refractivity contribution in [2.75, 3.05) is 52.4 Å². The number of aliphatic imine (C=N–C) groups is 1. The van der Waals surface area contributed by atoms with E-state index in [2.05, 4.69) is 24.8 Å². The van der Waals surface area contributed by atoms with E-state index < -0.39 is 0 Å². The van der Waals surface area contributed by atoms with Gasteiger partial charge in [0.25, 0.3) is 0 Å². The fourth-order valence-corrected chi connectivity index (χ4v) is 3.50. The molecule has 1 atom stereocenters. The van der Waals surface area contributed by atoms with Crippen LogP contribution >= 0.6 is 0 Å². The molecule has 1 fully saturated rings. The number of rotatable bonds is 7. The Bertz CT molecular complexity index is 648. The zero-order chi connectivity index (χ0) is 18.4. The number of aliphatic hydroxyl groups excluding tert-OH is 2. The Kier molecular flexibility index (Phi) is 6.54. The lowest BCUT2D eigenvalue weighted by molar-refractivity contribution is -0.116. The molecule has 8 nitrogen and oxygen atoms in total. The molecule has 3 N–H and O–H groups in total. The zero-order valence-corrected chi connectivity index (χ0v) is 15.0. The van der Waals surface area contributed by atoms with Crippen molar-refractivity contribution >= 4 is 12.0 Å². The first-order chi connectivity index (χ1) is 12.7. The van der Waals surface area contributed by atoms with Crippen molar-refractivity contribution in [3.8, 4) is 0 Å². The van der Waals surface area contributed by atoms with Crippen LogP contribution in [0.15, 0.2) is 28.8 Å². The maximum Gasteiger partial charge on any atom is 0.168 e. The SMILES string of the molecule is O=C1CC(c2cnc[nH]2)CC(O)=C1C=NCCN1CCN(CCO)CC1. The summed E-state index contributed by atoms with van der Waals surface area (Å²) in [7, 11) is 0. The van der Waals surface area contributed by atoms with Crippen molar-refractivity contribution < 1.29 is 15.0 Å². The van der Waals surface area contributed by atoms with Gasteiger partial charge in [0.15, 0.2) is 5.78 Å². The molecular formula is C18H27N5O3. The van der Waals surface area contributed by atoms with Crippen LogP contribution in [-0.4, -0.2) is 94.4 Å². The van der Waals surface area contributed by atoms with E-state index in [4.69, 9.17) is 5.11 Å². The standard InChI is InChI=1S/C18H27N5O3/c24-8-7-23-5-3-22(4-6-23)2-1-19-11-15-17(25)9-14(10-18(15)26)16-12-20-13-21-16/h11-14,24-25H,1-10H2,(H,20,21). The Balaban J connectivity index is 1.46. The molecule has 1 saturated heterocycles. The van der Waals surface area contributed by atoms with Gasteiger partial charge in [-0.05, 0) is 0 Å². The van der Waals surface area contributed by atoms with Crippen molar-refractivity contribution in [1.29, 1.82) is 0 Å². The van der Waals surface area contributed by atoms with Gasteiger partial charge in [0.1, 0.15) is 5.76 Å². The summed E-state index contributed by atoms with van der Waals surface area (Å²) in [5.41, 5.74) is 1.22. The van der Waals surface area contributed by atoms with E-state index in [9.17, 15) is 9.90 Å². The highest BCUT2D eigenvalue weighted by Gasteiger charge is 2.28. The first-order valence-electron chi connectivity index (χ1n) is 9.16. The largest absolute Gasteiger partial charge is 0.511 e. The number of carbonyl (C=O) groups is 1. The first kappa shape index (κ1) is 18.8. The van der Waals surface area contributed by atoms with Crippen LogP contribution in [0.3, 0.4) is 0 Å². The van der Waals surface area contributed by atoms with Gasteiger partial charge >= 0.3 is 0 Å². The minimum absolute atomic E-state index is 0.0441. The summed E-state index contributed by atoms with van der Waals surface area (Å²) in [5.74, 6) is -0.00528. The van der Waals surface area contributed by atoms with Gasteiger partial charge in [0.2, 0.25) is 0 Å². The summed E-state index contributed by atoms with van der Waals surface area (Å²) < 4.78 is 0. The van der Waals surface area contributed by atoms with Crippen LogP contribution in [-0.2, 0) is 4.79 Å². The maximum absolute atomic E-state index is 12.3. The predicted molar refractivity (Wildman–Crippen MR) is 98.5 cm³/mol. The van der Waals surface area contributed by atoms with E-state index >= 15 is 0 Å². The number of imidazole rings is 1. The fourth-order valence-electron chi connectivity index (χ4n) is 3.50. The van der Waals surface area contributed by atoms with Crippen molar-refractivity contribution in [2.24, 2.45) is 4.99 Å². The van der Waals surface area contributed by atoms with E-state index in [0.29, 0.717) is 25.0 Å². The zero-order valence-electron chi connectivity index (χ0n) is 15.0. The lowest BCUT2D eigenvalue weighted by atomic mass is 9.86. The number of allylic oxidation sites excluding steroid dienone is 2. The summed E-state index contributed by atoms with van der Waals surface area (Å²) in [4.78, 5) is 28.2. The Morgan fingerprint density at radius 3 is 2.58 bits per heavy atom. The molecule has 0 amide bonds. The number of aromatic amines is 1. The van der Waals surface area contributed by atoms with Crippen LogP contribution in [0.1, 0.15) is 24.5 Å². The van der Waals surface area contributed by atoms with Crippen molar-refractivity contribution in [3.63, 3.8) is 0 Å². The molecule has 1 aliphatic heterocycles. The van der Waals surface area contributed by atoms with Crippen LogP contribution in [0, 0.1) is 0 Å². The predicted octanol–water partition coefficient (Wildman–Crippen LogP) is 0.349. The highest BCUT2D eigenvalue weighted by Crippen LogP contribution is 2.31. The average molecular weight is 361 g/mol. The lowest BCUT2D eigenvalue weighted by Crippen LogP contribution is -2.47. The van der Waals surface area contributed by atoms with Gasteiger partial charge in [0, 0.05) is 76.1 Å². The highest BCUT2D eigenvalue weighted by atomic mass is 16.3. The Hall–Kier alpha value is -2.03. The van der Waals surface area contributed by atoms with Crippen LogP contribution in [0.25, 0.3) is 0 Å². The van der Waals surface area contributed by atoms with Gasteiger partial charge in [-0.2, -0.15) is 0 Å². The van der Waals surface area contributed by atoms with Crippen molar-refractivity contribution in [1.82, 2.24) is 19.8 Å². The molecule has 1 aromatic heterocycles. The number of H-pyrrole nitrogens is 1. The molecule has 3 rings (SSSR count). The molecule has 8 heteroatoms. The minimum atomic E-state index is -0.0743. The van der Waals surface area contributed by atoms with Gasteiger partial charge in [-0.25, -0.2) is 4.98 Å². The van der Waals surface area contributed by atoms with Gasteiger partial charge in [-0.1, -0.05) is 0 Å². The minimum Gasteiger partial charge on any atom is -0.511 e. The van der Waals surface area contributed by atoms with E-state index in [1.54, 1.807) is 12.5 Å². The van der Waals surface area contributed by atoms with Crippen LogP contribution in [0.4, 0.5) is 0 Å². The molecule has 0 bridgehead atoms. The number of nitrogens with one attached hydrogen (secondary N) is 1. The number of aliphatic hydroxyl groups is 2. The Labute approximate surface area is 153 Å². The number of hydrogen-bond donors (Lipinski definition) is 3. The van der Waals surface area contributed by atoms with Crippen LogP contribution in [0.5, 0.6) is 0 Å². The second-order valence-corrected chi connectivity index (χ2v) is 6.84. The second-order valence-electron chi connectivity index (χ2n) is 6.84. The molecule has 0 spiro atoms. The summed E-state index contributed by atoms with van der Waals surface area (Å²) in [5, 5.41) is 19.2. The Morgan fingerprint density at radius 1 is 1.23 bits per heavy atom. The third-order valence-corrected chi connectivity index (χ3v) is 5.09. The number of piperazine rings is 1.